The minimum atomic E-state index is -0.243. The van der Waals surface area contributed by atoms with Gasteiger partial charge in [-0.3, -0.25) is 4.90 Å². The fraction of sp³-hybridized carbons (Fsp3) is 0.625. The van der Waals surface area contributed by atoms with E-state index < -0.39 is 0 Å². The van der Waals surface area contributed by atoms with Crippen LogP contribution in [0.5, 0.6) is 5.75 Å². The van der Waals surface area contributed by atoms with Gasteiger partial charge in [-0.2, -0.15) is 0 Å². The standard InChI is InChI=1S/C16H23FN2O.ClH/c1-20-16-8-13-4-6-19(11-14(13)7-15(16)17)10-12-3-2-5-18-9-12;/h7-8,12,18H,2-6,9-11H2,1H3;1H. The van der Waals surface area contributed by atoms with Gasteiger partial charge in [-0.25, -0.2) is 4.39 Å². The Hall–Kier alpha value is -0.840. The molecule has 0 radical (unpaired) electrons. The molecule has 5 heteroatoms. The minimum absolute atomic E-state index is 0. The monoisotopic (exact) mass is 314 g/mol. The molecule has 21 heavy (non-hydrogen) atoms. The quantitative estimate of drug-likeness (QED) is 0.928. The zero-order valence-corrected chi connectivity index (χ0v) is 13.3. The maximum Gasteiger partial charge on any atom is 0.165 e. The van der Waals surface area contributed by atoms with E-state index in [1.54, 1.807) is 6.07 Å². The Bertz CT molecular complexity index is 478. The predicted octanol–water partition coefficient (Wildman–Crippen LogP) is 2.61. The second kappa shape index (κ2) is 7.43. The van der Waals surface area contributed by atoms with Gasteiger partial charge >= 0.3 is 0 Å². The molecule has 1 N–H and O–H groups in total. The van der Waals surface area contributed by atoms with Gasteiger partial charge in [0, 0.05) is 19.6 Å². The first-order valence-electron chi connectivity index (χ1n) is 7.54. The van der Waals surface area contributed by atoms with Crippen molar-refractivity contribution in [3.63, 3.8) is 0 Å². The van der Waals surface area contributed by atoms with Crippen LogP contribution in [0, 0.1) is 11.7 Å². The molecule has 1 aromatic carbocycles. The predicted molar refractivity (Wildman–Crippen MR) is 84.8 cm³/mol. The van der Waals surface area contributed by atoms with Crippen LogP contribution < -0.4 is 10.1 Å². The van der Waals surface area contributed by atoms with E-state index in [0.717, 1.165) is 50.6 Å². The molecule has 118 valence electrons. The molecular weight excluding hydrogens is 291 g/mol. The van der Waals surface area contributed by atoms with Gasteiger partial charge in [0.15, 0.2) is 11.6 Å². The van der Waals surface area contributed by atoms with E-state index in [4.69, 9.17) is 4.74 Å². The van der Waals surface area contributed by atoms with Crippen LogP contribution in [-0.2, 0) is 13.0 Å². The lowest BCUT2D eigenvalue weighted by Gasteiger charge is -2.33. The van der Waals surface area contributed by atoms with Crippen molar-refractivity contribution < 1.29 is 9.13 Å². The van der Waals surface area contributed by atoms with Gasteiger partial charge < -0.3 is 10.1 Å². The van der Waals surface area contributed by atoms with Gasteiger partial charge in [0.05, 0.1) is 7.11 Å². The summed E-state index contributed by atoms with van der Waals surface area (Å²) in [6.07, 6.45) is 3.58. The van der Waals surface area contributed by atoms with Gasteiger partial charge in [-0.05, 0) is 61.5 Å². The van der Waals surface area contributed by atoms with E-state index in [2.05, 4.69) is 10.2 Å². The number of benzene rings is 1. The molecule has 0 aliphatic carbocycles. The van der Waals surface area contributed by atoms with Crippen molar-refractivity contribution >= 4 is 12.4 Å². The van der Waals surface area contributed by atoms with Crippen molar-refractivity contribution in [2.45, 2.75) is 25.8 Å². The Balaban J connectivity index is 0.00000161. The Morgan fingerprint density at radius 3 is 2.95 bits per heavy atom. The molecule has 0 spiro atoms. The Morgan fingerprint density at radius 1 is 1.38 bits per heavy atom. The summed E-state index contributed by atoms with van der Waals surface area (Å²) in [7, 11) is 1.52. The number of methoxy groups -OCH3 is 1. The van der Waals surface area contributed by atoms with Crippen LogP contribution >= 0.6 is 12.4 Å². The Labute approximate surface area is 132 Å². The van der Waals surface area contributed by atoms with Gasteiger partial charge in [0.2, 0.25) is 0 Å². The van der Waals surface area contributed by atoms with Gasteiger partial charge in [-0.1, -0.05) is 0 Å². The summed E-state index contributed by atoms with van der Waals surface area (Å²) in [6, 6.07) is 3.52. The molecule has 2 aliphatic heterocycles. The lowest BCUT2D eigenvalue weighted by molar-refractivity contribution is 0.193. The van der Waals surface area contributed by atoms with Crippen LogP contribution in [0.25, 0.3) is 0 Å². The van der Waals surface area contributed by atoms with Crippen molar-refractivity contribution in [2.75, 3.05) is 33.3 Å². The molecule has 1 fully saturated rings. The summed E-state index contributed by atoms with van der Waals surface area (Å²) in [5, 5.41) is 3.46. The number of hydrogen-bond acceptors (Lipinski definition) is 3. The van der Waals surface area contributed by atoms with Crippen molar-refractivity contribution in [1.29, 1.82) is 0 Å². The number of piperidine rings is 1. The van der Waals surface area contributed by atoms with E-state index in [0.29, 0.717) is 5.75 Å². The number of hydrogen-bond donors (Lipinski definition) is 1. The first kappa shape index (κ1) is 16.5. The molecule has 2 aliphatic rings. The largest absolute Gasteiger partial charge is 0.494 e. The smallest absolute Gasteiger partial charge is 0.165 e. The summed E-state index contributed by atoms with van der Waals surface area (Å²) in [5.74, 6) is 0.870. The summed E-state index contributed by atoms with van der Waals surface area (Å²) >= 11 is 0. The van der Waals surface area contributed by atoms with E-state index in [1.807, 2.05) is 6.07 Å². The molecule has 2 heterocycles. The second-order valence-corrected chi connectivity index (χ2v) is 5.95. The molecule has 0 saturated carbocycles. The van der Waals surface area contributed by atoms with Gasteiger partial charge in [-0.15, -0.1) is 12.4 Å². The summed E-state index contributed by atoms with van der Waals surface area (Å²) in [5.41, 5.74) is 2.36. The first-order chi connectivity index (χ1) is 9.76. The summed E-state index contributed by atoms with van der Waals surface area (Å²) in [4.78, 5) is 2.46. The zero-order chi connectivity index (χ0) is 13.9. The Morgan fingerprint density at radius 2 is 2.24 bits per heavy atom. The third kappa shape index (κ3) is 3.87. The fourth-order valence-corrected chi connectivity index (χ4v) is 3.37. The normalized spacial score (nSPS) is 22.3. The summed E-state index contributed by atoms with van der Waals surface area (Å²) < 4.78 is 18.9. The van der Waals surface area contributed by atoms with Crippen molar-refractivity contribution in [3.8, 4) is 5.75 Å². The van der Waals surface area contributed by atoms with E-state index in [9.17, 15) is 4.39 Å². The molecule has 1 saturated heterocycles. The highest BCUT2D eigenvalue weighted by Crippen LogP contribution is 2.27. The average Bonchev–Trinajstić information content (AvgIpc) is 2.47. The van der Waals surface area contributed by atoms with Crippen LogP contribution in [0.4, 0.5) is 4.39 Å². The summed E-state index contributed by atoms with van der Waals surface area (Å²) in [6.45, 7) is 5.34. The Kier molecular flexibility index (Phi) is 5.85. The van der Waals surface area contributed by atoms with E-state index >= 15 is 0 Å². The maximum atomic E-state index is 13.8. The maximum absolute atomic E-state index is 13.8. The zero-order valence-electron chi connectivity index (χ0n) is 12.5. The first-order valence-corrected chi connectivity index (χ1v) is 7.54. The van der Waals surface area contributed by atoms with Crippen LogP contribution in [-0.4, -0.2) is 38.2 Å². The molecule has 1 aromatic rings. The molecule has 1 atom stereocenters. The third-order valence-corrected chi connectivity index (χ3v) is 4.48. The lowest BCUT2D eigenvalue weighted by atomic mass is 9.95. The molecule has 3 rings (SSSR count). The fourth-order valence-electron chi connectivity index (χ4n) is 3.37. The average molecular weight is 315 g/mol. The van der Waals surface area contributed by atoms with Crippen LogP contribution in [0.3, 0.4) is 0 Å². The second-order valence-electron chi connectivity index (χ2n) is 5.95. The minimum Gasteiger partial charge on any atom is -0.494 e. The molecule has 0 aromatic heterocycles. The topological polar surface area (TPSA) is 24.5 Å². The number of nitrogens with one attached hydrogen (secondary N) is 1. The highest BCUT2D eigenvalue weighted by molar-refractivity contribution is 5.85. The van der Waals surface area contributed by atoms with E-state index in [-0.39, 0.29) is 18.2 Å². The molecule has 1 unspecified atom stereocenters. The highest BCUT2D eigenvalue weighted by atomic mass is 35.5. The highest BCUT2D eigenvalue weighted by Gasteiger charge is 2.22. The van der Waals surface area contributed by atoms with Crippen LogP contribution in [0.15, 0.2) is 12.1 Å². The lowest BCUT2D eigenvalue weighted by Crippen LogP contribution is -2.40. The number of ether oxygens (including phenoxy) is 1. The van der Waals surface area contributed by atoms with Crippen molar-refractivity contribution in [1.82, 2.24) is 10.2 Å². The molecule has 3 nitrogen and oxygen atoms in total. The van der Waals surface area contributed by atoms with Crippen molar-refractivity contribution in [2.24, 2.45) is 5.92 Å². The van der Waals surface area contributed by atoms with Gasteiger partial charge in [0.25, 0.3) is 0 Å². The molecular formula is C16H24ClFN2O. The third-order valence-electron chi connectivity index (χ3n) is 4.48. The number of halogens is 2. The SMILES string of the molecule is COc1cc2c(cc1F)CN(CC1CCCNC1)CC2.Cl. The molecule has 0 amide bonds. The van der Waals surface area contributed by atoms with Gasteiger partial charge in [0.1, 0.15) is 0 Å². The molecule has 0 bridgehead atoms. The number of fused-ring (bicyclic) bond motifs is 1. The number of rotatable bonds is 3. The number of nitrogens with zero attached hydrogens (tertiary/aromatic N) is 1. The van der Waals surface area contributed by atoms with Crippen molar-refractivity contribution in [3.05, 3.63) is 29.1 Å². The van der Waals surface area contributed by atoms with E-state index in [1.165, 1.54) is 25.5 Å². The van der Waals surface area contributed by atoms with Crippen LogP contribution in [0.1, 0.15) is 24.0 Å². The van der Waals surface area contributed by atoms with Crippen LogP contribution in [0.2, 0.25) is 0 Å².